The third-order valence-corrected chi connectivity index (χ3v) is 8.17. The second-order valence-electron chi connectivity index (χ2n) is 8.10. The van der Waals surface area contributed by atoms with E-state index in [1.807, 2.05) is 13.8 Å². The van der Waals surface area contributed by atoms with Gasteiger partial charge in [-0.1, -0.05) is 18.7 Å². The van der Waals surface area contributed by atoms with Crippen LogP contribution in [-0.2, 0) is 19.1 Å². The number of thioether (sulfide) groups is 1. The molecule has 1 spiro atoms. The predicted octanol–water partition coefficient (Wildman–Crippen LogP) is 1.22. The van der Waals surface area contributed by atoms with E-state index in [0.29, 0.717) is 13.0 Å². The van der Waals surface area contributed by atoms with Crippen molar-refractivity contribution in [2.75, 3.05) is 26.3 Å². The van der Waals surface area contributed by atoms with E-state index in [1.54, 1.807) is 22.7 Å². The molecule has 160 valence electrons. The van der Waals surface area contributed by atoms with Gasteiger partial charge in [-0.2, -0.15) is 0 Å². The Balaban J connectivity index is 2.00. The highest BCUT2D eigenvalue weighted by Crippen LogP contribution is 2.66. The molecule has 2 amide bonds. The number of rotatable bonds is 9. The molecule has 0 aromatic heterocycles. The fraction of sp³-hybridized carbons (Fsp3) is 0.667. The monoisotopic (exact) mass is 422 g/mol. The first-order valence-electron chi connectivity index (χ1n) is 10.1. The molecule has 1 N–H and O–H groups in total. The Labute approximate surface area is 176 Å². The first-order valence-corrected chi connectivity index (χ1v) is 11.0. The van der Waals surface area contributed by atoms with Gasteiger partial charge in [0.2, 0.25) is 11.8 Å². The van der Waals surface area contributed by atoms with Gasteiger partial charge in [0, 0.05) is 24.4 Å². The van der Waals surface area contributed by atoms with Crippen LogP contribution < -0.4 is 0 Å². The topological polar surface area (TPSA) is 87.1 Å². The number of hydrogen-bond donors (Lipinski definition) is 1. The summed E-state index contributed by atoms with van der Waals surface area (Å²) in [7, 11) is 0. The quantitative estimate of drug-likeness (QED) is 0.444. The van der Waals surface area contributed by atoms with E-state index in [2.05, 4.69) is 13.2 Å². The van der Waals surface area contributed by atoms with Crippen LogP contribution in [0.15, 0.2) is 25.3 Å². The minimum Gasteiger partial charge on any atom is -0.461 e. The Morgan fingerprint density at radius 3 is 2.72 bits per heavy atom. The third kappa shape index (κ3) is 3.40. The number of hydrogen-bond acceptors (Lipinski definition) is 6. The summed E-state index contributed by atoms with van der Waals surface area (Å²) in [5.41, 5.74) is 0. The summed E-state index contributed by atoms with van der Waals surface area (Å²) in [6.07, 6.45) is 4.64. The van der Waals surface area contributed by atoms with Crippen LogP contribution in [0.1, 0.15) is 26.7 Å². The van der Waals surface area contributed by atoms with E-state index in [0.717, 1.165) is 6.42 Å². The van der Waals surface area contributed by atoms with Crippen LogP contribution in [0.3, 0.4) is 0 Å². The van der Waals surface area contributed by atoms with E-state index in [9.17, 15) is 19.5 Å². The molecule has 7 nitrogen and oxygen atoms in total. The molecule has 0 aliphatic carbocycles. The molecule has 3 aliphatic rings. The highest BCUT2D eigenvalue weighted by atomic mass is 32.2. The van der Waals surface area contributed by atoms with E-state index in [1.165, 1.54) is 11.0 Å². The largest absolute Gasteiger partial charge is 0.461 e. The molecule has 0 aromatic rings. The van der Waals surface area contributed by atoms with Gasteiger partial charge in [-0.25, -0.2) is 0 Å². The van der Waals surface area contributed by atoms with Gasteiger partial charge in [-0.3, -0.25) is 14.4 Å². The molecule has 2 unspecified atom stereocenters. The van der Waals surface area contributed by atoms with Crippen molar-refractivity contribution >= 4 is 29.5 Å². The zero-order chi connectivity index (χ0) is 21.3. The standard InChI is InChI=1S/C21H30N2O5S/c1-5-9-22(13(3)4)19(26)17-21-8-7-14(29-21)15(20(27)28-12-6-2)16(21)18(25)23(17)10-11-24/h5-6,13-17,24H,1-2,7-12H2,3-4H3/t14-,15+,16+,17?,21?/m1/s1. The number of β-amino-alcohol motifs (C(OH)–C–C–N with tert-alkyl or cyclic N) is 1. The number of esters is 1. The van der Waals surface area contributed by atoms with Crippen molar-refractivity contribution in [3.8, 4) is 0 Å². The molecule has 29 heavy (non-hydrogen) atoms. The zero-order valence-corrected chi connectivity index (χ0v) is 17.9. The van der Waals surface area contributed by atoms with Crippen molar-refractivity contribution in [2.45, 2.75) is 48.8 Å². The van der Waals surface area contributed by atoms with Gasteiger partial charge in [0.05, 0.1) is 23.2 Å². The Morgan fingerprint density at radius 2 is 2.14 bits per heavy atom. The van der Waals surface area contributed by atoms with Crippen LogP contribution in [0.4, 0.5) is 0 Å². The van der Waals surface area contributed by atoms with Gasteiger partial charge in [0.15, 0.2) is 0 Å². The summed E-state index contributed by atoms with van der Waals surface area (Å²) in [4.78, 5) is 43.0. The highest BCUT2D eigenvalue weighted by molar-refractivity contribution is 8.02. The second-order valence-corrected chi connectivity index (χ2v) is 9.70. The number of fused-ring (bicyclic) bond motifs is 1. The van der Waals surface area contributed by atoms with Crippen molar-refractivity contribution in [2.24, 2.45) is 11.8 Å². The molecule has 3 saturated heterocycles. The number of aliphatic hydroxyl groups excluding tert-OH is 1. The summed E-state index contributed by atoms with van der Waals surface area (Å²) in [5.74, 6) is -1.92. The van der Waals surface area contributed by atoms with Crippen molar-refractivity contribution < 1.29 is 24.2 Å². The number of ether oxygens (including phenoxy) is 1. The van der Waals surface area contributed by atoms with Crippen molar-refractivity contribution in [1.82, 2.24) is 9.80 Å². The highest BCUT2D eigenvalue weighted by Gasteiger charge is 2.74. The molecule has 3 aliphatic heterocycles. The molecule has 0 aromatic carbocycles. The van der Waals surface area contributed by atoms with Crippen LogP contribution in [0.5, 0.6) is 0 Å². The maximum absolute atomic E-state index is 13.6. The number of amides is 2. The molecular weight excluding hydrogens is 392 g/mol. The smallest absolute Gasteiger partial charge is 0.311 e. The average molecular weight is 423 g/mol. The van der Waals surface area contributed by atoms with Crippen molar-refractivity contribution in [1.29, 1.82) is 0 Å². The Hall–Kier alpha value is -1.80. The predicted molar refractivity (Wildman–Crippen MR) is 111 cm³/mol. The SMILES string of the molecule is C=CCOC(=O)[C@@H]1[C@H]2C(=O)N(CCO)C(C(=O)N(CC=C)C(C)C)C23CC[C@H]1S3. The van der Waals surface area contributed by atoms with Crippen LogP contribution in [0.25, 0.3) is 0 Å². The molecule has 8 heteroatoms. The first kappa shape index (κ1) is 21.9. The lowest BCUT2D eigenvalue weighted by Crippen LogP contribution is -2.56. The van der Waals surface area contributed by atoms with E-state index in [-0.39, 0.29) is 42.9 Å². The fourth-order valence-corrected chi connectivity index (χ4v) is 7.34. The lowest BCUT2D eigenvalue weighted by Gasteiger charge is -2.38. The normalized spacial score (nSPS) is 32.4. The average Bonchev–Trinajstić information content (AvgIpc) is 3.32. The molecule has 3 rings (SSSR count). The number of carbonyl (C=O) groups excluding carboxylic acids is 3. The van der Waals surface area contributed by atoms with Gasteiger partial charge in [0.25, 0.3) is 0 Å². The van der Waals surface area contributed by atoms with Gasteiger partial charge in [0.1, 0.15) is 12.6 Å². The number of carbonyl (C=O) groups is 3. The van der Waals surface area contributed by atoms with Gasteiger partial charge in [-0.15, -0.1) is 18.3 Å². The molecule has 5 atom stereocenters. The molecule has 3 fully saturated rings. The molecule has 2 bridgehead atoms. The Morgan fingerprint density at radius 1 is 1.41 bits per heavy atom. The summed E-state index contributed by atoms with van der Waals surface area (Å²) in [6.45, 7) is 11.5. The fourth-order valence-electron chi connectivity index (χ4n) is 5.14. The number of nitrogens with zero attached hydrogens (tertiary/aromatic N) is 2. The van der Waals surface area contributed by atoms with Gasteiger partial charge in [-0.05, 0) is 26.7 Å². The Kier molecular flexibility index (Phi) is 6.43. The molecule has 3 heterocycles. The van der Waals surface area contributed by atoms with Crippen LogP contribution in [-0.4, -0.2) is 81.1 Å². The van der Waals surface area contributed by atoms with Gasteiger partial charge >= 0.3 is 5.97 Å². The van der Waals surface area contributed by atoms with Crippen molar-refractivity contribution in [3.05, 3.63) is 25.3 Å². The minimum atomic E-state index is -0.693. The summed E-state index contributed by atoms with van der Waals surface area (Å²) in [5, 5.41) is 9.54. The summed E-state index contributed by atoms with van der Waals surface area (Å²) >= 11 is 1.59. The third-order valence-electron chi connectivity index (χ3n) is 6.22. The van der Waals surface area contributed by atoms with E-state index in [4.69, 9.17) is 4.74 Å². The summed E-state index contributed by atoms with van der Waals surface area (Å²) < 4.78 is 4.64. The lowest BCUT2D eigenvalue weighted by atomic mass is 9.71. The maximum Gasteiger partial charge on any atom is 0.311 e. The van der Waals surface area contributed by atoms with Crippen LogP contribution in [0.2, 0.25) is 0 Å². The molecule has 0 radical (unpaired) electrons. The lowest BCUT2D eigenvalue weighted by molar-refractivity contribution is -0.153. The molecular formula is C21H30N2O5S. The zero-order valence-electron chi connectivity index (χ0n) is 17.1. The van der Waals surface area contributed by atoms with Crippen molar-refractivity contribution in [3.63, 3.8) is 0 Å². The number of aliphatic hydroxyl groups is 1. The van der Waals surface area contributed by atoms with Crippen LogP contribution >= 0.6 is 11.8 Å². The second kappa shape index (κ2) is 8.52. The van der Waals surface area contributed by atoms with E-state index >= 15 is 0 Å². The van der Waals surface area contributed by atoms with Crippen LogP contribution in [0, 0.1) is 11.8 Å². The first-order chi connectivity index (χ1) is 13.8. The molecule has 0 saturated carbocycles. The minimum absolute atomic E-state index is 0.0280. The maximum atomic E-state index is 13.6. The van der Waals surface area contributed by atoms with E-state index < -0.39 is 28.6 Å². The Bertz CT molecular complexity index is 711. The number of likely N-dealkylation sites (tertiary alicyclic amines) is 1. The van der Waals surface area contributed by atoms with Gasteiger partial charge < -0.3 is 19.6 Å². The summed E-state index contributed by atoms with van der Waals surface area (Å²) in [6, 6.07) is -0.749.